The van der Waals surface area contributed by atoms with Crippen LogP contribution in [0.3, 0.4) is 0 Å². The van der Waals surface area contributed by atoms with E-state index in [1.807, 2.05) is 30.3 Å². The maximum atomic E-state index is 15.0. The number of rotatable bonds is 9. The number of hydrogen-bond acceptors (Lipinski definition) is 2. The van der Waals surface area contributed by atoms with Crippen LogP contribution < -0.4 is 26.2 Å². The van der Waals surface area contributed by atoms with E-state index in [4.69, 9.17) is 0 Å². The van der Waals surface area contributed by atoms with E-state index in [0.29, 0.717) is 16.8 Å². The molecule has 14 aromatic rings. The molecule has 0 unspecified atom stereocenters. The van der Waals surface area contributed by atoms with Crippen molar-refractivity contribution in [2.24, 2.45) is 0 Å². The zero-order chi connectivity index (χ0) is 58.3. The van der Waals surface area contributed by atoms with Gasteiger partial charge in [0.05, 0.1) is 22.3 Å². The Morgan fingerprint density at radius 2 is 0.724 bits per heavy atom. The average molecular weight is 1120 g/mol. The molecule has 0 aliphatic carbocycles. The van der Waals surface area contributed by atoms with Gasteiger partial charge in [-0.3, -0.25) is 0 Å². The van der Waals surface area contributed by atoms with Crippen LogP contribution in [0.25, 0.3) is 94.3 Å². The third kappa shape index (κ3) is 8.84. The Morgan fingerprint density at radius 3 is 1.23 bits per heavy atom. The van der Waals surface area contributed by atoms with Gasteiger partial charge in [0.15, 0.2) is 0 Å². The van der Waals surface area contributed by atoms with Crippen molar-refractivity contribution >= 4 is 79.0 Å². The minimum atomic E-state index is -4.56. The molecule has 2 aliphatic heterocycles. The summed E-state index contributed by atoms with van der Waals surface area (Å²) in [6.45, 7) is 1.57. The summed E-state index contributed by atoms with van der Waals surface area (Å²) in [5.41, 5.74) is 23.9. The van der Waals surface area contributed by atoms with Crippen molar-refractivity contribution in [2.45, 2.75) is 13.1 Å². The van der Waals surface area contributed by atoms with Crippen molar-refractivity contribution in [1.29, 1.82) is 0 Å². The van der Waals surface area contributed by atoms with Crippen LogP contribution in [0.2, 0.25) is 0 Å². The van der Waals surface area contributed by atoms with Gasteiger partial charge in [-0.05, 0) is 176 Å². The van der Waals surface area contributed by atoms with Crippen LogP contribution in [0.5, 0.6) is 0 Å². The quantitative estimate of drug-likeness (QED) is 0.133. The van der Waals surface area contributed by atoms with Crippen molar-refractivity contribution in [1.82, 2.24) is 4.57 Å². The summed E-state index contributed by atoms with van der Waals surface area (Å²) in [5.74, 6) is 0. The molecular formula is C80H53BF3N3. The number of hydrogen-bond donors (Lipinski definition) is 0. The van der Waals surface area contributed by atoms with Crippen LogP contribution >= 0.6 is 0 Å². The molecule has 3 nitrogen and oxygen atoms in total. The highest BCUT2D eigenvalue weighted by molar-refractivity contribution is 7.00. The van der Waals surface area contributed by atoms with Gasteiger partial charge < -0.3 is 14.4 Å². The molecule has 0 saturated carbocycles. The van der Waals surface area contributed by atoms with Crippen molar-refractivity contribution in [2.75, 3.05) is 9.80 Å². The van der Waals surface area contributed by atoms with E-state index >= 15 is 13.2 Å². The second-order valence-corrected chi connectivity index (χ2v) is 22.8. The minimum absolute atomic E-state index is 0.132. The van der Waals surface area contributed by atoms with Crippen LogP contribution in [0, 0.1) is 6.92 Å². The predicted molar refractivity (Wildman–Crippen MR) is 357 cm³/mol. The van der Waals surface area contributed by atoms with E-state index < -0.39 is 11.7 Å². The normalized spacial score (nSPS) is 12.5. The van der Waals surface area contributed by atoms with Gasteiger partial charge in [-0.15, -0.1) is 0 Å². The Kier molecular flexibility index (Phi) is 12.3. The molecule has 0 spiro atoms. The number of aromatic nitrogens is 1. The van der Waals surface area contributed by atoms with Gasteiger partial charge >= 0.3 is 6.18 Å². The number of benzene rings is 13. The van der Waals surface area contributed by atoms with E-state index in [-0.39, 0.29) is 12.3 Å². The number of aryl methyl sites for hydroxylation is 1. The summed E-state index contributed by atoms with van der Waals surface area (Å²) >= 11 is 0. The first-order valence-electron chi connectivity index (χ1n) is 29.5. The molecule has 1 aromatic heterocycles. The topological polar surface area (TPSA) is 11.4 Å². The van der Waals surface area contributed by atoms with Crippen molar-refractivity contribution in [3.8, 4) is 72.4 Å². The summed E-state index contributed by atoms with van der Waals surface area (Å²) in [6.07, 6.45) is -4.56. The largest absolute Gasteiger partial charge is 0.417 e. The lowest BCUT2D eigenvalue weighted by Gasteiger charge is -2.44. The third-order valence-corrected chi connectivity index (χ3v) is 17.6. The second-order valence-electron chi connectivity index (χ2n) is 22.8. The molecule has 3 heterocycles. The first kappa shape index (κ1) is 51.7. The first-order chi connectivity index (χ1) is 42.7. The molecule has 7 heteroatoms. The third-order valence-electron chi connectivity index (χ3n) is 17.6. The summed E-state index contributed by atoms with van der Waals surface area (Å²) in [5, 5.41) is 1.98. The first-order valence-corrected chi connectivity index (χ1v) is 29.5. The van der Waals surface area contributed by atoms with Crippen LogP contribution in [0.1, 0.15) is 11.1 Å². The zero-order valence-corrected chi connectivity index (χ0v) is 47.4. The molecule has 0 bridgehead atoms. The summed E-state index contributed by atoms with van der Waals surface area (Å²) in [7, 11) is 0. The summed E-state index contributed by atoms with van der Waals surface area (Å²) < 4.78 is 47.2. The van der Waals surface area contributed by atoms with Gasteiger partial charge in [-0.25, -0.2) is 0 Å². The molecule has 0 atom stereocenters. The van der Waals surface area contributed by atoms with E-state index in [2.05, 4.69) is 263 Å². The molecule has 2 aliphatic rings. The molecular weight excluding hydrogens is 1070 g/mol. The molecule has 0 N–H and O–H groups in total. The van der Waals surface area contributed by atoms with Crippen LogP contribution in [0.4, 0.5) is 47.3 Å². The number of anilines is 6. The minimum Gasteiger partial charge on any atom is -0.311 e. The van der Waals surface area contributed by atoms with Crippen LogP contribution in [-0.4, -0.2) is 11.3 Å². The molecule has 16 rings (SSSR count). The van der Waals surface area contributed by atoms with E-state index in [1.165, 1.54) is 22.5 Å². The highest BCUT2D eigenvalue weighted by Crippen LogP contribution is 2.50. The Balaban J connectivity index is 0.982. The monoisotopic (exact) mass is 1120 g/mol. The fourth-order valence-electron chi connectivity index (χ4n) is 13.7. The number of halogens is 3. The molecule has 13 aromatic carbocycles. The molecule has 0 fully saturated rings. The Labute approximate surface area is 503 Å². The summed E-state index contributed by atoms with van der Waals surface area (Å²) in [4.78, 5) is 4.99. The van der Waals surface area contributed by atoms with Gasteiger partial charge in [0, 0.05) is 50.5 Å². The lowest BCUT2D eigenvalue weighted by atomic mass is 9.33. The van der Waals surface area contributed by atoms with Crippen molar-refractivity contribution in [3.63, 3.8) is 0 Å². The Morgan fingerprint density at radius 1 is 0.299 bits per heavy atom. The van der Waals surface area contributed by atoms with Crippen molar-refractivity contribution in [3.05, 3.63) is 314 Å². The van der Waals surface area contributed by atoms with Crippen molar-refractivity contribution < 1.29 is 13.2 Å². The van der Waals surface area contributed by atoms with Gasteiger partial charge in [0.2, 0.25) is 0 Å². The van der Waals surface area contributed by atoms with Gasteiger partial charge in [0.25, 0.3) is 6.71 Å². The van der Waals surface area contributed by atoms with Crippen LogP contribution in [0.15, 0.2) is 303 Å². The lowest BCUT2D eigenvalue weighted by molar-refractivity contribution is -0.137. The number of fused-ring (bicyclic) bond motifs is 7. The SMILES string of the molecule is Cc1ccc(-c2ccccc2-n2c3ccccc3c3cc(-c4cc5c6c(c4)N(c4cc(-c7ccccc7)cc(-c7ccccc7)c4)c4ccccc4B6c4ccccc4N5c4cc(-c5ccccc5)cc(-c5ccccc5)c4)ccc32)c(C(F)(F)F)c1. The maximum absolute atomic E-state index is 15.0. The molecule has 87 heavy (non-hydrogen) atoms. The number of alkyl halides is 3. The molecule has 412 valence electrons. The predicted octanol–water partition coefficient (Wildman–Crippen LogP) is 20.2. The van der Waals surface area contributed by atoms with E-state index in [1.54, 1.807) is 25.1 Å². The average Bonchev–Trinajstić information content (AvgIpc) is 0.983. The highest BCUT2D eigenvalue weighted by atomic mass is 19.4. The standard InChI is InChI=1S/C80H53BF3N3/c1-52-38-40-65(69(42-52)80(82,83)84)66-30-14-18-34-72(66)87-73-35-19-15-31-67(73)68-49-57(39-41-74(68)87)62-50-77-79-78(51-62)86(64-47-60(55-26-10-4-11-27-55)44-61(48-64)56-28-12-5-13-29-56)76-37-21-17-33-71(76)81(79)70-32-16-20-36-75(70)85(77)63-45-58(53-22-6-2-7-23-53)43-59(46-63)54-24-8-3-9-25-54/h2-51H,1H3. The maximum Gasteiger partial charge on any atom is 0.417 e. The van der Waals surface area contributed by atoms with E-state index in [0.717, 1.165) is 112 Å². The Hall–Kier alpha value is -10.9. The fraction of sp³-hybridized carbons (Fsp3) is 0.0250. The smallest absolute Gasteiger partial charge is 0.311 e. The molecule has 0 amide bonds. The van der Waals surface area contributed by atoms with Gasteiger partial charge in [0.1, 0.15) is 0 Å². The lowest BCUT2D eigenvalue weighted by Crippen LogP contribution is -2.61. The number of nitrogens with zero attached hydrogens (tertiary/aromatic N) is 3. The van der Waals surface area contributed by atoms with Crippen LogP contribution in [-0.2, 0) is 6.18 Å². The fourth-order valence-corrected chi connectivity index (χ4v) is 13.7. The highest BCUT2D eigenvalue weighted by Gasteiger charge is 2.44. The number of para-hydroxylation sites is 4. The summed E-state index contributed by atoms with van der Waals surface area (Å²) in [6, 6.07) is 106. The molecule has 0 radical (unpaired) electrons. The van der Waals surface area contributed by atoms with Gasteiger partial charge in [-0.1, -0.05) is 218 Å². The second kappa shape index (κ2) is 20.7. The molecule has 0 saturated heterocycles. The zero-order valence-electron chi connectivity index (χ0n) is 47.4. The van der Waals surface area contributed by atoms with E-state index in [9.17, 15) is 0 Å². The van der Waals surface area contributed by atoms with Gasteiger partial charge in [-0.2, -0.15) is 13.2 Å². The Bertz CT molecular complexity index is 4680.